The molecule has 1 amide bonds. The monoisotopic (exact) mass is 184 g/mol. The minimum atomic E-state index is -0.228. The molecule has 5 nitrogen and oxygen atoms in total. The van der Waals surface area contributed by atoms with Crippen molar-refractivity contribution >= 4 is 5.91 Å². The quantitative estimate of drug-likeness (QED) is 0.743. The summed E-state index contributed by atoms with van der Waals surface area (Å²) in [7, 11) is 1.55. The molecule has 72 valence electrons. The number of carbonyl (C=O) groups is 1. The van der Waals surface area contributed by atoms with Gasteiger partial charge in [-0.15, -0.1) is 0 Å². The zero-order valence-corrected chi connectivity index (χ0v) is 7.66. The van der Waals surface area contributed by atoms with E-state index in [2.05, 4.69) is 10.5 Å². The van der Waals surface area contributed by atoms with Crippen molar-refractivity contribution in [3.8, 4) is 0 Å². The summed E-state index contributed by atoms with van der Waals surface area (Å²) in [6, 6.07) is 1.56. The van der Waals surface area contributed by atoms with Gasteiger partial charge in [0, 0.05) is 19.7 Å². The van der Waals surface area contributed by atoms with E-state index in [9.17, 15) is 4.79 Å². The van der Waals surface area contributed by atoms with Gasteiger partial charge in [-0.05, 0) is 6.92 Å². The molecular weight excluding hydrogens is 172 g/mol. The highest BCUT2D eigenvalue weighted by molar-refractivity contribution is 5.92. The van der Waals surface area contributed by atoms with Gasteiger partial charge >= 0.3 is 0 Å². The summed E-state index contributed by atoms with van der Waals surface area (Å²) >= 11 is 0. The van der Waals surface area contributed by atoms with E-state index in [0.717, 1.165) is 0 Å². The molecule has 1 heterocycles. The van der Waals surface area contributed by atoms with Gasteiger partial charge in [0.25, 0.3) is 5.91 Å². The smallest absolute Gasteiger partial charge is 0.273 e. The van der Waals surface area contributed by atoms with Crippen molar-refractivity contribution in [1.29, 1.82) is 0 Å². The second-order valence-electron chi connectivity index (χ2n) is 2.47. The second-order valence-corrected chi connectivity index (χ2v) is 2.47. The lowest BCUT2D eigenvalue weighted by Gasteiger charge is -1.94. The zero-order valence-electron chi connectivity index (χ0n) is 7.66. The number of amides is 1. The van der Waals surface area contributed by atoms with Crippen molar-refractivity contribution in [2.45, 2.75) is 13.5 Å². The van der Waals surface area contributed by atoms with Crippen LogP contribution in [0.3, 0.4) is 0 Å². The number of ether oxygens (including phenoxy) is 1. The van der Waals surface area contributed by atoms with Gasteiger partial charge in [0.1, 0.15) is 6.61 Å². The highest BCUT2D eigenvalue weighted by atomic mass is 16.5. The number of hydrogen-bond acceptors (Lipinski definition) is 4. The molecule has 0 saturated heterocycles. The van der Waals surface area contributed by atoms with Crippen LogP contribution in [0.25, 0.3) is 0 Å². The molecule has 0 radical (unpaired) electrons. The van der Waals surface area contributed by atoms with Crippen molar-refractivity contribution in [3.63, 3.8) is 0 Å². The molecule has 0 aromatic carbocycles. The number of rotatable bonds is 4. The molecule has 0 saturated carbocycles. The molecule has 5 heteroatoms. The van der Waals surface area contributed by atoms with Crippen LogP contribution in [0, 0.1) is 0 Å². The van der Waals surface area contributed by atoms with Crippen LogP contribution in [-0.2, 0) is 11.3 Å². The summed E-state index contributed by atoms with van der Waals surface area (Å²) in [6.07, 6.45) is 0. The van der Waals surface area contributed by atoms with Gasteiger partial charge in [0.15, 0.2) is 11.5 Å². The first-order chi connectivity index (χ1) is 6.27. The first-order valence-corrected chi connectivity index (χ1v) is 4.00. The standard InChI is InChI=1S/C8H12N2O3/c1-3-9-8(11)7-4-6(5-12-2)13-10-7/h4H,3,5H2,1-2H3,(H,9,11). The highest BCUT2D eigenvalue weighted by Gasteiger charge is 2.10. The normalized spacial score (nSPS) is 10.0. The summed E-state index contributed by atoms with van der Waals surface area (Å²) < 4.78 is 9.65. The van der Waals surface area contributed by atoms with Crippen LogP contribution in [0.15, 0.2) is 10.6 Å². The summed E-state index contributed by atoms with van der Waals surface area (Å²) in [6.45, 7) is 2.74. The molecule has 0 unspecified atom stereocenters. The fraction of sp³-hybridized carbons (Fsp3) is 0.500. The Hall–Kier alpha value is -1.36. The minimum Gasteiger partial charge on any atom is -0.377 e. The fourth-order valence-corrected chi connectivity index (χ4v) is 0.881. The van der Waals surface area contributed by atoms with Gasteiger partial charge in [-0.2, -0.15) is 0 Å². The summed E-state index contributed by atoms with van der Waals surface area (Å²) in [5, 5.41) is 6.20. The Labute approximate surface area is 76.0 Å². The van der Waals surface area contributed by atoms with Gasteiger partial charge in [0.05, 0.1) is 0 Å². The third-order valence-corrected chi connectivity index (χ3v) is 1.42. The SMILES string of the molecule is CCNC(=O)c1cc(COC)on1. The van der Waals surface area contributed by atoms with Crippen LogP contribution < -0.4 is 5.32 Å². The average Bonchev–Trinajstić information content (AvgIpc) is 2.54. The van der Waals surface area contributed by atoms with Crippen LogP contribution in [0.2, 0.25) is 0 Å². The number of carbonyl (C=O) groups excluding carboxylic acids is 1. The molecule has 0 atom stereocenters. The lowest BCUT2D eigenvalue weighted by molar-refractivity contribution is 0.0946. The Balaban J connectivity index is 2.62. The summed E-state index contributed by atoms with van der Waals surface area (Å²) in [5.41, 5.74) is 0.286. The largest absolute Gasteiger partial charge is 0.377 e. The Morgan fingerprint density at radius 1 is 1.77 bits per heavy atom. The first kappa shape index (κ1) is 9.73. The van der Waals surface area contributed by atoms with Gasteiger partial charge in [0.2, 0.25) is 0 Å². The van der Waals surface area contributed by atoms with Gasteiger partial charge in [-0.1, -0.05) is 5.16 Å². The maximum atomic E-state index is 11.2. The first-order valence-electron chi connectivity index (χ1n) is 4.00. The second kappa shape index (κ2) is 4.61. The van der Waals surface area contributed by atoms with Crippen LogP contribution in [0.4, 0.5) is 0 Å². The lowest BCUT2D eigenvalue weighted by Crippen LogP contribution is -2.22. The van der Waals surface area contributed by atoms with E-state index in [1.54, 1.807) is 13.2 Å². The van der Waals surface area contributed by atoms with Crippen LogP contribution in [-0.4, -0.2) is 24.7 Å². The molecule has 1 aromatic heterocycles. The number of hydrogen-bond donors (Lipinski definition) is 1. The number of aromatic nitrogens is 1. The maximum absolute atomic E-state index is 11.2. The Morgan fingerprint density at radius 3 is 3.15 bits per heavy atom. The van der Waals surface area contributed by atoms with E-state index in [4.69, 9.17) is 9.26 Å². The molecule has 13 heavy (non-hydrogen) atoms. The molecule has 0 spiro atoms. The molecule has 0 bridgehead atoms. The fourth-order valence-electron chi connectivity index (χ4n) is 0.881. The molecular formula is C8H12N2O3. The Bertz CT molecular complexity index is 283. The van der Waals surface area contributed by atoms with Crippen molar-refractivity contribution < 1.29 is 14.1 Å². The predicted octanol–water partition coefficient (Wildman–Crippen LogP) is 0.571. The summed E-state index contributed by atoms with van der Waals surface area (Å²) in [5.74, 6) is 0.317. The average molecular weight is 184 g/mol. The van der Waals surface area contributed by atoms with Gasteiger partial charge < -0.3 is 14.6 Å². The van der Waals surface area contributed by atoms with E-state index in [-0.39, 0.29) is 11.6 Å². The van der Waals surface area contributed by atoms with Crippen molar-refractivity contribution in [1.82, 2.24) is 10.5 Å². The molecule has 1 aromatic rings. The maximum Gasteiger partial charge on any atom is 0.273 e. The lowest BCUT2D eigenvalue weighted by atomic mass is 10.3. The summed E-state index contributed by atoms with van der Waals surface area (Å²) in [4.78, 5) is 11.2. The van der Waals surface area contributed by atoms with Gasteiger partial charge in [-0.25, -0.2) is 0 Å². The molecule has 1 rings (SSSR count). The minimum absolute atomic E-state index is 0.228. The van der Waals surface area contributed by atoms with Crippen LogP contribution in [0.5, 0.6) is 0 Å². The topological polar surface area (TPSA) is 64.4 Å². The Morgan fingerprint density at radius 2 is 2.54 bits per heavy atom. The van der Waals surface area contributed by atoms with E-state index < -0.39 is 0 Å². The van der Waals surface area contributed by atoms with E-state index in [0.29, 0.717) is 18.9 Å². The van der Waals surface area contributed by atoms with E-state index >= 15 is 0 Å². The highest BCUT2D eigenvalue weighted by Crippen LogP contribution is 2.04. The van der Waals surface area contributed by atoms with Crippen molar-refractivity contribution in [2.75, 3.05) is 13.7 Å². The zero-order chi connectivity index (χ0) is 9.68. The van der Waals surface area contributed by atoms with Crippen molar-refractivity contribution in [3.05, 3.63) is 17.5 Å². The third-order valence-electron chi connectivity index (χ3n) is 1.42. The number of nitrogens with one attached hydrogen (secondary N) is 1. The van der Waals surface area contributed by atoms with E-state index in [1.165, 1.54) is 0 Å². The predicted molar refractivity (Wildman–Crippen MR) is 45.2 cm³/mol. The van der Waals surface area contributed by atoms with Gasteiger partial charge in [-0.3, -0.25) is 4.79 Å². The van der Waals surface area contributed by atoms with Crippen molar-refractivity contribution in [2.24, 2.45) is 0 Å². The molecule has 1 N–H and O–H groups in total. The molecule has 0 aliphatic rings. The van der Waals surface area contributed by atoms with E-state index in [1.807, 2.05) is 6.92 Å². The third kappa shape index (κ3) is 2.55. The van der Waals surface area contributed by atoms with Crippen LogP contribution >= 0.6 is 0 Å². The Kier molecular flexibility index (Phi) is 3.45. The number of nitrogens with zero attached hydrogens (tertiary/aromatic N) is 1. The molecule has 0 aliphatic carbocycles. The molecule has 0 aliphatic heterocycles. The molecule has 0 fully saturated rings. The number of methoxy groups -OCH3 is 1. The van der Waals surface area contributed by atoms with Crippen LogP contribution in [0.1, 0.15) is 23.2 Å².